The van der Waals surface area contributed by atoms with Crippen molar-refractivity contribution in [1.29, 1.82) is 0 Å². The number of carbonyl (C=O) groups excluding carboxylic acids is 1. The topological polar surface area (TPSA) is 55.6 Å². The number of carbonyl (C=O) groups is 1. The number of aryl methyl sites for hydroxylation is 1. The number of methoxy groups -OCH3 is 1. The first-order valence-corrected chi connectivity index (χ1v) is 6.41. The van der Waals surface area contributed by atoms with Gasteiger partial charge in [0.25, 0.3) is 0 Å². The molecular formula is C14H20N2O2. The summed E-state index contributed by atoms with van der Waals surface area (Å²) < 4.78 is 5.22. The molecule has 1 aromatic carbocycles. The van der Waals surface area contributed by atoms with E-state index in [0.29, 0.717) is 6.42 Å². The summed E-state index contributed by atoms with van der Waals surface area (Å²) in [6, 6.07) is 5.44. The van der Waals surface area contributed by atoms with Crippen LogP contribution >= 0.6 is 0 Å². The quantitative estimate of drug-likeness (QED) is 0.886. The Bertz CT molecular complexity index is 445. The maximum Gasteiger partial charge on any atom is 0.243 e. The molecule has 18 heavy (non-hydrogen) atoms. The molecule has 1 aliphatic rings. The van der Waals surface area contributed by atoms with Gasteiger partial charge in [0.15, 0.2) is 0 Å². The molecule has 2 rings (SSSR count). The van der Waals surface area contributed by atoms with Crippen LogP contribution in [0.4, 0.5) is 5.69 Å². The number of nitrogens with zero attached hydrogens (tertiary/aromatic N) is 1. The maximum atomic E-state index is 12.2. The van der Waals surface area contributed by atoms with E-state index in [1.165, 1.54) is 0 Å². The summed E-state index contributed by atoms with van der Waals surface area (Å²) in [5, 5.41) is 0. The van der Waals surface area contributed by atoms with Crippen LogP contribution in [0.1, 0.15) is 25.3 Å². The normalized spacial score (nSPS) is 16.1. The Hall–Kier alpha value is -1.55. The number of fused-ring (bicyclic) bond motifs is 1. The number of hydrogen-bond acceptors (Lipinski definition) is 3. The molecule has 2 N–H and O–H groups in total. The van der Waals surface area contributed by atoms with Gasteiger partial charge in [-0.05, 0) is 43.0 Å². The predicted octanol–water partition coefficient (Wildman–Crippen LogP) is 1.71. The first-order valence-electron chi connectivity index (χ1n) is 6.41. The van der Waals surface area contributed by atoms with Crippen molar-refractivity contribution in [1.82, 2.24) is 0 Å². The maximum absolute atomic E-state index is 12.2. The second-order valence-corrected chi connectivity index (χ2v) is 4.60. The van der Waals surface area contributed by atoms with E-state index >= 15 is 0 Å². The molecule has 0 aliphatic carbocycles. The molecule has 0 saturated heterocycles. The zero-order valence-electron chi connectivity index (χ0n) is 11.0. The predicted molar refractivity (Wildman–Crippen MR) is 71.9 cm³/mol. The third-order valence-electron chi connectivity index (χ3n) is 3.43. The molecule has 98 valence electrons. The summed E-state index contributed by atoms with van der Waals surface area (Å²) in [5.74, 6) is 0.853. The Morgan fingerprint density at radius 1 is 1.56 bits per heavy atom. The summed E-state index contributed by atoms with van der Waals surface area (Å²) in [6.07, 6.45) is 2.63. The van der Waals surface area contributed by atoms with Crippen molar-refractivity contribution in [3.05, 3.63) is 23.8 Å². The monoisotopic (exact) mass is 248 g/mol. The molecule has 0 bridgehead atoms. The van der Waals surface area contributed by atoms with E-state index in [2.05, 4.69) is 0 Å². The van der Waals surface area contributed by atoms with Gasteiger partial charge in [-0.25, -0.2) is 0 Å². The smallest absolute Gasteiger partial charge is 0.243 e. The summed E-state index contributed by atoms with van der Waals surface area (Å²) in [5.41, 5.74) is 7.99. The second kappa shape index (κ2) is 5.40. The van der Waals surface area contributed by atoms with Crippen LogP contribution in [0.15, 0.2) is 18.2 Å². The Balaban J connectivity index is 2.30. The minimum absolute atomic E-state index is 0.0172. The Labute approximate surface area is 108 Å². The average Bonchev–Trinajstić information content (AvgIpc) is 2.44. The van der Waals surface area contributed by atoms with E-state index in [1.807, 2.05) is 30.0 Å². The van der Waals surface area contributed by atoms with Gasteiger partial charge in [-0.3, -0.25) is 4.79 Å². The summed E-state index contributed by atoms with van der Waals surface area (Å²) in [4.78, 5) is 14.0. The average molecular weight is 248 g/mol. The van der Waals surface area contributed by atoms with E-state index < -0.39 is 6.04 Å². The first kappa shape index (κ1) is 12.9. The van der Waals surface area contributed by atoms with Gasteiger partial charge in [0.05, 0.1) is 13.2 Å². The number of benzene rings is 1. The van der Waals surface area contributed by atoms with Crippen molar-refractivity contribution in [3.8, 4) is 5.75 Å². The van der Waals surface area contributed by atoms with Gasteiger partial charge in [0.1, 0.15) is 5.75 Å². The van der Waals surface area contributed by atoms with Crippen LogP contribution in [0.25, 0.3) is 0 Å². The number of ether oxygens (including phenoxy) is 1. The number of hydrogen-bond donors (Lipinski definition) is 1. The van der Waals surface area contributed by atoms with Gasteiger partial charge >= 0.3 is 0 Å². The minimum Gasteiger partial charge on any atom is -0.497 e. The molecule has 0 radical (unpaired) electrons. The molecule has 1 aromatic rings. The van der Waals surface area contributed by atoms with Crippen LogP contribution in [-0.4, -0.2) is 25.6 Å². The third-order valence-corrected chi connectivity index (χ3v) is 3.43. The second-order valence-electron chi connectivity index (χ2n) is 4.60. The lowest BCUT2D eigenvalue weighted by Crippen LogP contribution is -2.45. The highest BCUT2D eigenvalue weighted by atomic mass is 16.5. The molecule has 1 atom stereocenters. The zero-order chi connectivity index (χ0) is 13.1. The highest BCUT2D eigenvalue weighted by Gasteiger charge is 2.25. The fourth-order valence-corrected chi connectivity index (χ4v) is 2.30. The largest absolute Gasteiger partial charge is 0.497 e. The Kier molecular flexibility index (Phi) is 3.87. The first-order chi connectivity index (χ1) is 8.67. The molecule has 0 spiro atoms. The van der Waals surface area contributed by atoms with E-state index in [4.69, 9.17) is 10.5 Å². The van der Waals surface area contributed by atoms with Crippen molar-refractivity contribution in [2.24, 2.45) is 5.73 Å². The Morgan fingerprint density at radius 3 is 3.00 bits per heavy atom. The van der Waals surface area contributed by atoms with Crippen molar-refractivity contribution >= 4 is 11.6 Å². The molecule has 1 amide bonds. The molecule has 0 aromatic heterocycles. The van der Waals surface area contributed by atoms with E-state index in [9.17, 15) is 4.79 Å². The standard InChI is InChI=1S/C14H20N2O2/c1-3-12(15)14(17)16-8-4-5-10-9-11(18-2)6-7-13(10)16/h6-7,9,12H,3-5,8,15H2,1-2H3. The van der Waals surface area contributed by atoms with Crippen LogP contribution in [0, 0.1) is 0 Å². The van der Waals surface area contributed by atoms with E-state index in [1.54, 1.807) is 7.11 Å². The number of amides is 1. The molecule has 0 fully saturated rings. The summed E-state index contributed by atoms with van der Waals surface area (Å²) in [6.45, 7) is 2.69. The zero-order valence-corrected chi connectivity index (χ0v) is 11.0. The molecule has 0 saturated carbocycles. The third kappa shape index (κ3) is 2.34. The summed E-state index contributed by atoms with van der Waals surface area (Å²) >= 11 is 0. The molecule has 1 heterocycles. The van der Waals surface area contributed by atoms with Crippen molar-refractivity contribution < 1.29 is 9.53 Å². The lowest BCUT2D eigenvalue weighted by molar-refractivity contribution is -0.120. The van der Waals surface area contributed by atoms with E-state index in [0.717, 1.165) is 36.4 Å². The summed E-state index contributed by atoms with van der Waals surface area (Å²) in [7, 11) is 1.65. The van der Waals surface area contributed by atoms with Crippen LogP contribution in [-0.2, 0) is 11.2 Å². The minimum atomic E-state index is -0.405. The fraction of sp³-hybridized carbons (Fsp3) is 0.500. The van der Waals surface area contributed by atoms with Crippen LogP contribution in [0.5, 0.6) is 5.75 Å². The van der Waals surface area contributed by atoms with Gasteiger partial charge in [-0.2, -0.15) is 0 Å². The van der Waals surface area contributed by atoms with Gasteiger partial charge < -0.3 is 15.4 Å². The van der Waals surface area contributed by atoms with Crippen LogP contribution < -0.4 is 15.4 Å². The number of nitrogens with two attached hydrogens (primary N) is 1. The lowest BCUT2D eigenvalue weighted by Gasteiger charge is -2.31. The number of rotatable bonds is 3. The highest BCUT2D eigenvalue weighted by Crippen LogP contribution is 2.30. The van der Waals surface area contributed by atoms with E-state index in [-0.39, 0.29) is 5.91 Å². The van der Waals surface area contributed by atoms with Crippen molar-refractivity contribution in [2.75, 3.05) is 18.6 Å². The lowest BCUT2D eigenvalue weighted by atomic mass is 10.0. The van der Waals surface area contributed by atoms with Gasteiger partial charge in [-0.1, -0.05) is 6.92 Å². The van der Waals surface area contributed by atoms with Gasteiger partial charge in [0.2, 0.25) is 5.91 Å². The van der Waals surface area contributed by atoms with Gasteiger partial charge in [0, 0.05) is 12.2 Å². The SMILES string of the molecule is CCC(N)C(=O)N1CCCc2cc(OC)ccc21. The molecular weight excluding hydrogens is 228 g/mol. The fourth-order valence-electron chi connectivity index (χ4n) is 2.30. The molecule has 1 aliphatic heterocycles. The van der Waals surface area contributed by atoms with Crippen LogP contribution in [0.2, 0.25) is 0 Å². The molecule has 4 nitrogen and oxygen atoms in total. The van der Waals surface area contributed by atoms with Crippen molar-refractivity contribution in [3.63, 3.8) is 0 Å². The molecule has 4 heteroatoms. The molecule has 1 unspecified atom stereocenters. The van der Waals surface area contributed by atoms with Crippen LogP contribution in [0.3, 0.4) is 0 Å². The Morgan fingerprint density at radius 2 is 2.33 bits per heavy atom. The highest BCUT2D eigenvalue weighted by molar-refractivity contribution is 5.98. The van der Waals surface area contributed by atoms with Gasteiger partial charge in [-0.15, -0.1) is 0 Å². The number of anilines is 1. The van der Waals surface area contributed by atoms with Crippen molar-refractivity contribution in [2.45, 2.75) is 32.2 Å².